The third kappa shape index (κ3) is 6.08. The van der Waals surface area contributed by atoms with Gasteiger partial charge >= 0.3 is 0 Å². The molecule has 0 aliphatic carbocycles. The van der Waals surface area contributed by atoms with Crippen molar-refractivity contribution in [3.8, 4) is 0 Å². The van der Waals surface area contributed by atoms with Crippen molar-refractivity contribution < 1.29 is 4.79 Å². The Morgan fingerprint density at radius 1 is 1.39 bits per heavy atom. The Balaban J connectivity index is 2.08. The highest BCUT2D eigenvalue weighted by atomic mass is 16.1. The molecule has 0 bridgehead atoms. The topological polar surface area (TPSA) is 80.0 Å². The molecule has 0 fully saturated rings. The number of pyridine rings is 1. The smallest absolute Gasteiger partial charge is 0.220 e. The van der Waals surface area contributed by atoms with E-state index in [1.54, 1.807) is 12.3 Å². The first-order valence-electron chi connectivity index (χ1n) is 6.30. The van der Waals surface area contributed by atoms with E-state index in [-0.39, 0.29) is 5.91 Å². The van der Waals surface area contributed by atoms with Gasteiger partial charge in [-0.25, -0.2) is 4.98 Å². The van der Waals surface area contributed by atoms with Crippen molar-refractivity contribution >= 4 is 17.4 Å². The van der Waals surface area contributed by atoms with Crippen LogP contribution in [-0.4, -0.2) is 24.0 Å². The first kappa shape index (κ1) is 14.3. The standard InChI is InChI=1S/C13H22N4O/c1-10(2)8-13(18)16-7-3-6-15-11-4-5-12(14)17-9-11/h4-5,9-10,15H,3,6-8H2,1-2H3,(H2,14,17)(H,16,18). The number of anilines is 2. The highest BCUT2D eigenvalue weighted by molar-refractivity contribution is 5.75. The van der Waals surface area contributed by atoms with Crippen molar-refractivity contribution in [3.63, 3.8) is 0 Å². The molecule has 0 radical (unpaired) electrons. The molecule has 5 heteroatoms. The van der Waals surface area contributed by atoms with Crippen LogP contribution in [0.2, 0.25) is 0 Å². The Morgan fingerprint density at radius 3 is 2.78 bits per heavy atom. The van der Waals surface area contributed by atoms with Crippen LogP contribution < -0.4 is 16.4 Å². The fourth-order valence-electron chi connectivity index (χ4n) is 1.50. The van der Waals surface area contributed by atoms with Crippen molar-refractivity contribution in [1.82, 2.24) is 10.3 Å². The van der Waals surface area contributed by atoms with Gasteiger partial charge in [0.15, 0.2) is 0 Å². The van der Waals surface area contributed by atoms with Gasteiger partial charge in [-0.15, -0.1) is 0 Å². The molecule has 1 rings (SSSR count). The Morgan fingerprint density at radius 2 is 2.17 bits per heavy atom. The maximum atomic E-state index is 11.4. The molecule has 18 heavy (non-hydrogen) atoms. The summed E-state index contributed by atoms with van der Waals surface area (Å²) in [5, 5.41) is 6.11. The summed E-state index contributed by atoms with van der Waals surface area (Å²) in [6, 6.07) is 3.65. The zero-order chi connectivity index (χ0) is 13.4. The fraction of sp³-hybridized carbons (Fsp3) is 0.538. The molecule has 0 atom stereocenters. The number of amides is 1. The van der Waals surface area contributed by atoms with Gasteiger partial charge in [0.2, 0.25) is 5.91 Å². The van der Waals surface area contributed by atoms with E-state index in [1.807, 2.05) is 19.9 Å². The Hall–Kier alpha value is -1.78. The highest BCUT2D eigenvalue weighted by Crippen LogP contribution is 2.06. The van der Waals surface area contributed by atoms with Gasteiger partial charge < -0.3 is 16.4 Å². The number of nitrogen functional groups attached to an aromatic ring is 1. The lowest BCUT2D eigenvalue weighted by atomic mass is 10.1. The largest absolute Gasteiger partial charge is 0.384 e. The lowest BCUT2D eigenvalue weighted by Crippen LogP contribution is -2.26. The average molecular weight is 250 g/mol. The molecule has 0 aromatic carbocycles. The van der Waals surface area contributed by atoms with Crippen LogP contribution in [0.25, 0.3) is 0 Å². The Bertz CT molecular complexity index is 362. The van der Waals surface area contributed by atoms with Gasteiger partial charge in [-0.1, -0.05) is 13.8 Å². The summed E-state index contributed by atoms with van der Waals surface area (Å²) in [7, 11) is 0. The molecule has 1 aromatic heterocycles. The number of carbonyl (C=O) groups excluding carboxylic acids is 1. The van der Waals surface area contributed by atoms with Crippen LogP contribution in [0.5, 0.6) is 0 Å². The molecule has 0 aliphatic rings. The van der Waals surface area contributed by atoms with Crippen molar-refractivity contribution in [2.45, 2.75) is 26.7 Å². The molecule has 1 heterocycles. The Kier molecular flexibility index (Phi) is 5.97. The maximum Gasteiger partial charge on any atom is 0.220 e. The number of carbonyl (C=O) groups is 1. The number of nitrogens with two attached hydrogens (primary N) is 1. The van der Waals surface area contributed by atoms with Crippen molar-refractivity contribution in [1.29, 1.82) is 0 Å². The van der Waals surface area contributed by atoms with E-state index in [0.717, 1.165) is 18.7 Å². The van der Waals surface area contributed by atoms with Crippen LogP contribution in [0.3, 0.4) is 0 Å². The number of rotatable bonds is 7. The van der Waals surface area contributed by atoms with E-state index >= 15 is 0 Å². The zero-order valence-corrected chi connectivity index (χ0v) is 11.1. The second kappa shape index (κ2) is 7.53. The molecule has 4 N–H and O–H groups in total. The van der Waals surface area contributed by atoms with Crippen LogP contribution in [-0.2, 0) is 4.79 Å². The normalized spacial score (nSPS) is 10.4. The predicted molar refractivity (Wildman–Crippen MR) is 74.2 cm³/mol. The summed E-state index contributed by atoms with van der Waals surface area (Å²) >= 11 is 0. The minimum atomic E-state index is 0.124. The molecular weight excluding hydrogens is 228 g/mol. The third-order valence-electron chi connectivity index (χ3n) is 2.38. The van der Waals surface area contributed by atoms with E-state index in [1.165, 1.54) is 0 Å². The zero-order valence-electron chi connectivity index (χ0n) is 11.1. The van der Waals surface area contributed by atoms with Crippen LogP contribution >= 0.6 is 0 Å². The molecule has 5 nitrogen and oxygen atoms in total. The van der Waals surface area contributed by atoms with Gasteiger partial charge in [-0.3, -0.25) is 4.79 Å². The van der Waals surface area contributed by atoms with Gasteiger partial charge in [0.1, 0.15) is 5.82 Å². The molecule has 100 valence electrons. The van der Waals surface area contributed by atoms with Gasteiger partial charge in [-0.2, -0.15) is 0 Å². The first-order valence-corrected chi connectivity index (χ1v) is 6.30. The summed E-state index contributed by atoms with van der Waals surface area (Å²) in [6.45, 7) is 5.57. The summed E-state index contributed by atoms with van der Waals surface area (Å²) in [5.74, 6) is 1.05. The van der Waals surface area contributed by atoms with E-state index in [4.69, 9.17) is 5.73 Å². The summed E-state index contributed by atoms with van der Waals surface area (Å²) in [4.78, 5) is 15.4. The molecule has 0 spiro atoms. The van der Waals surface area contributed by atoms with Crippen LogP contribution in [0.1, 0.15) is 26.7 Å². The summed E-state index contributed by atoms with van der Waals surface area (Å²) in [6.07, 6.45) is 3.18. The second-order valence-electron chi connectivity index (χ2n) is 4.70. The average Bonchev–Trinajstić information content (AvgIpc) is 2.30. The Labute approximate surface area is 108 Å². The van der Waals surface area contributed by atoms with Crippen molar-refractivity contribution in [2.75, 3.05) is 24.1 Å². The van der Waals surface area contributed by atoms with Gasteiger partial charge in [0.05, 0.1) is 11.9 Å². The molecule has 0 saturated carbocycles. The number of nitrogens with one attached hydrogen (secondary N) is 2. The SMILES string of the molecule is CC(C)CC(=O)NCCCNc1ccc(N)nc1. The number of hydrogen-bond donors (Lipinski definition) is 3. The molecule has 1 amide bonds. The monoisotopic (exact) mass is 250 g/mol. The quantitative estimate of drug-likeness (QED) is 0.642. The molecule has 0 saturated heterocycles. The predicted octanol–water partition coefficient (Wildman–Crippen LogP) is 1.63. The highest BCUT2D eigenvalue weighted by Gasteiger charge is 2.02. The minimum Gasteiger partial charge on any atom is -0.384 e. The number of nitrogens with zero attached hydrogens (tertiary/aromatic N) is 1. The minimum absolute atomic E-state index is 0.124. The maximum absolute atomic E-state index is 11.4. The summed E-state index contributed by atoms with van der Waals surface area (Å²) in [5.41, 5.74) is 6.43. The third-order valence-corrected chi connectivity index (χ3v) is 2.38. The lowest BCUT2D eigenvalue weighted by molar-refractivity contribution is -0.121. The number of aromatic nitrogens is 1. The van der Waals surface area contributed by atoms with E-state index < -0.39 is 0 Å². The lowest BCUT2D eigenvalue weighted by Gasteiger charge is -2.08. The van der Waals surface area contributed by atoms with E-state index in [0.29, 0.717) is 24.7 Å². The van der Waals surface area contributed by atoms with Gasteiger partial charge in [0, 0.05) is 19.5 Å². The van der Waals surface area contributed by atoms with Gasteiger partial charge in [-0.05, 0) is 24.5 Å². The van der Waals surface area contributed by atoms with Crippen molar-refractivity contribution in [3.05, 3.63) is 18.3 Å². The number of hydrogen-bond acceptors (Lipinski definition) is 4. The van der Waals surface area contributed by atoms with Crippen LogP contribution in [0, 0.1) is 5.92 Å². The van der Waals surface area contributed by atoms with Gasteiger partial charge in [0.25, 0.3) is 0 Å². The van der Waals surface area contributed by atoms with Crippen molar-refractivity contribution in [2.24, 2.45) is 5.92 Å². The molecule has 1 aromatic rings. The van der Waals surface area contributed by atoms with Crippen LogP contribution in [0.15, 0.2) is 18.3 Å². The molecule has 0 unspecified atom stereocenters. The second-order valence-corrected chi connectivity index (χ2v) is 4.70. The molecular formula is C13H22N4O. The fourth-order valence-corrected chi connectivity index (χ4v) is 1.50. The first-order chi connectivity index (χ1) is 8.58. The van der Waals surface area contributed by atoms with Crippen LogP contribution in [0.4, 0.5) is 11.5 Å². The van der Waals surface area contributed by atoms with E-state index in [2.05, 4.69) is 15.6 Å². The molecule has 0 aliphatic heterocycles. The van der Waals surface area contributed by atoms with E-state index in [9.17, 15) is 4.79 Å². The summed E-state index contributed by atoms with van der Waals surface area (Å²) < 4.78 is 0.